The predicted octanol–water partition coefficient (Wildman–Crippen LogP) is 2.87. The van der Waals surface area contributed by atoms with Gasteiger partial charge in [0.05, 0.1) is 19.3 Å². The SMILES string of the molecule is CCOC(=O)C(CCC#N)(C(=O)Cc1ccc(Cl)cc1)C(=O)OCC. The van der Waals surface area contributed by atoms with Crippen LogP contribution >= 0.6 is 11.6 Å². The summed E-state index contributed by atoms with van der Waals surface area (Å²) >= 11 is 5.82. The van der Waals surface area contributed by atoms with Gasteiger partial charge in [-0.1, -0.05) is 23.7 Å². The molecule has 7 heteroatoms. The van der Waals surface area contributed by atoms with Crippen molar-refractivity contribution in [2.45, 2.75) is 33.1 Å². The van der Waals surface area contributed by atoms with Crippen LogP contribution in [-0.4, -0.2) is 30.9 Å². The Balaban J connectivity index is 3.26. The van der Waals surface area contributed by atoms with E-state index < -0.39 is 23.1 Å². The molecule has 0 aliphatic rings. The highest BCUT2D eigenvalue weighted by atomic mass is 35.5. The average Bonchev–Trinajstić information content (AvgIpc) is 2.58. The molecular formula is C18H20ClNO5. The van der Waals surface area contributed by atoms with Crippen molar-refractivity contribution in [3.8, 4) is 6.07 Å². The maximum atomic E-state index is 12.9. The molecular weight excluding hydrogens is 346 g/mol. The lowest BCUT2D eigenvalue weighted by atomic mass is 9.77. The van der Waals surface area contributed by atoms with Gasteiger partial charge in [-0.3, -0.25) is 14.4 Å². The van der Waals surface area contributed by atoms with Crippen molar-refractivity contribution >= 4 is 29.3 Å². The molecule has 0 N–H and O–H groups in total. The number of carbonyl (C=O) groups excluding carboxylic acids is 3. The summed E-state index contributed by atoms with van der Waals surface area (Å²) < 4.78 is 9.92. The van der Waals surface area contributed by atoms with E-state index in [-0.39, 0.29) is 32.5 Å². The number of esters is 2. The molecule has 1 rings (SSSR count). The summed E-state index contributed by atoms with van der Waals surface area (Å²) in [7, 11) is 0. The Morgan fingerprint density at radius 2 is 1.60 bits per heavy atom. The molecule has 0 fully saturated rings. The monoisotopic (exact) mass is 365 g/mol. The molecule has 0 aromatic heterocycles. The fourth-order valence-corrected chi connectivity index (χ4v) is 2.47. The minimum Gasteiger partial charge on any atom is -0.465 e. The second-order valence-corrected chi connectivity index (χ2v) is 5.67. The largest absolute Gasteiger partial charge is 0.465 e. The quantitative estimate of drug-likeness (QED) is 0.493. The number of hydrogen-bond donors (Lipinski definition) is 0. The van der Waals surface area contributed by atoms with E-state index in [1.165, 1.54) is 0 Å². The number of ether oxygens (including phenoxy) is 2. The van der Waals surface area contributed by atoms with E-state index in [9.17, 15) is 14.4 Å². The van der Waals surface area contributed by atoms with Crippen molar-refractivity contribution < 1.29 is 23.9 Å². The van der Waals surface area contributed by atoms with Crippen LogP contribution in [0.15, 0.2) is 24.3 Å². The molecule has 0 aliphatic heterocycles. The topological polar surface area (TPSA) is 93.5 Å². The molecule has 0 saturated heterocycles. The molecule has 0 saturated carbocycles. The van der Waals surface area contributed by atoms with Crippen LogP contribution in [0, 0.1) is 16.7 Å². The van der Waals surface area contributed by atoms with Crippen LogP contribution in [0.25, 0.3) is 0 Å². The van der Waals surface area contributed by atoms with E-state index in [2.05, 4.69) is 0 Å². The van der Waals surface area contributed by atoms with Crippen LogP contribution in [0.1, 0.15) is 32.3 Å². The second kappa shape index (κ2) is 9.80. The fourth-order valence-electron chi connectivity index (χ4n) is 2.35. The lowest BCUT2D eigenvalue weighted by Gasteiger charge is -2.27. The summed E-state index contributed by atoms with van der Waals surface area (Å²) in [5, 5.41) is 9.38. The van der Waals surface area contributed by atoms with Crippen molar-refractivity contribution in [1.29, 1.82) is 5.26 Å². The lowest BCUT2D eigenvalue weighted by Crippen LogP contribution is -2.49. The van der Waals surface area contributed by atoms with Gasteiger partial charge in [-0.05, 0) is 38.0 Å². The van der Waals surface area contributed by atoms with Crippen LogP contribution < -0.4 is 0 Å². The predicted molar refractivity (Wildman–Crippen MR) is 90.7 cm³/mol. The van der Waals surface area contributed by atoms with Gasteiger partial charge in [-0.15, -0.1) is 0 Å². The number of Topliss-reactive ketones (excluding diaryl/α,β-unsaturated/α-hetero) is 1. The number of nitriles is 1. The second-order valence-electron chi connectivity index (χ2n) is 5.23. The number of halogens is 1. The van der Waals surface area contributed by atoms with Crippen molar-refractivity contribution in [3.63, 3.8) is 0 Å². The highest BCUT2D eigenvalue weighted by Gasteiger charge is 2.54. The molecule has 0 heterocycles. The van der Waals surface area contributed by atoms with Crippen LogP contribution in [-0.2, 0) is 30.3 Å². The van der Waals surface area contributed by atoms with Crippen LogP contribution in [0.4, 0.5) is 0 Å². The van der Waals surface area contributed by atoms with E-state index in [4.69, 9.17) is 26.3 Å². The third-order valence-corrected chi connectivity index (χ3v) is 3.87. The molecule has 0 spiro atoms. The highest BCUT2D eigenvalue weighted by molar-refractivity contribution is 6.30. The van der Waals surface area contributed by atoms with E-state index in [0.717, 1.165) is 0 Å². The number of carbonyl (C=O) groups is 3. The molecule has 0 bridgehead atoms. The number of ketones is 1. The van der Waals surface area contributed by atoms with Crippen molar-refractivity contribution in [3.05, 3.63) is 34.9 Å². The maximum absolute atomic E-state index is 12.9. The standard InChI is InChI=1S/C18H20ClNO5/c1-3-24-16(22)18(10-5-11-20,17(23)25-4-2)15(21)12-13-6-8-14(19)9-7-13/h6-9H,3-5,10,12H2,1-2H3. The number of nitrogens with zero attached hydrogens (tertiary/aromatic N) is 1. The Morgan fingerprint density at radius 3 is 2.04 bits per heavy atom. The van der Waals surface area contributed by atoms with Gasteiger partial charge < -0.3 is 9.47 Å². The smallest absolute Gasteiger partial charge is 0.331 e. The van der Waals surface area contributed by atoms with Crippen molar-refractivity contribution in [1.82, 2.24) is 0 Å². The molecule has 25 heavy (non-hydrogen) atoms. The first-order valence-corrected chi connectivity index (χ1v) is 8.29. The molecule has 0 radical (unpaired) electrons. The van der Waals surface area contributed by atoms with Gasteiger partial charge in [-0.2, -0.15) is 5.26 Å². The Hall–Kier alpha value is -2.39. The highest BCUT2D eigenvalue weighted by Crippen LogP contribution is 2.31. The summed E-state index contributed by atoms with van der Waals surface area (Å²) in [6, 6.07) is 8.33. The summed E-state index contributed by atoms with van der Waals surface area (Å²) in [5.74, 6) is -2.63. The Labute approximate surface area is 151 Å². The van der Waals surface area contributed by atoms with Crippen molar-refractivity contribution in [2.24, 2.45) is 5.41 Å². The molecule has 134 valence electrons. The van der Waals surface area contributed by atoms with Gasteiger partial charge in [0.15, 0.2) is 5.78 Å². The summed E-state index contributed by atoms with van der Waals surface area (Å²) in [6.07, 6.45) is -0.627. The van der Waals surface area contributed by atoms with Gasteiger partial charge in [0.1, 0.15) is 0 Å². The summed E-state index contributed by atoms with van der Waals surface area (Å²) in [4.78, 5) is 37.9. The van der Waals surface area contributed by atoms with Crippen LogP contribution in [0.2, 0.25) is 5.02 Å². The molecule has 0 amide bonds. The van der Waals surface area contributed by atoms with Crippen LogP contribution in [0.5, 0.6) is 0 Å². The first kappa shape index (κ1) is 20.7. The maximum Gasteiger partial charge on any atom is 0.331 e. The van der Waals surface area contributed by atoms with E-state index >= 15 is 0 Å². The molecule has 1 aromatic rings. The van der Waals surface area contributed by atoms with Gasteiger partial charge >= 0.3 is 11.9 Å². The van der Waals surface area contributed by atoms with Gasteiger partial charge in [0, 0.05) is 17.9 Å². The normalized spacial score (nSPS) is 10.6. The minimum atomic E-state index is -2.14. The lowest BCUT2D eigenvalue weighted by molar-refractivity contribution is -0.175. The van der Waals surface area contributed by atoms with Gasteiger partial charge in [-0.25, -0.2) is 0 Å². The zero-order chi connectivity index (χ0) is 18.9. The minimum absolute atomic E-state index is 0.000761. The Kier molecular flexibility index (Phi) is 8.09. The van der Waals surface area contributed by atoms with Crippen molar-refractivity contribution in [2.75, 3.05) is 13.2 Å². The first-order valence-electron chi connectivity index (χ1n) is 7.91. The van der Waals surface area contributed by atoms with E-state index in [1.54, 1.807) is 38.1 Å². The number of benzene rings is 1. The molecule has 0 atom stereocenters. The third-order valence-electron chi connectivity index (χ3n) is 3.61. The third kappa shape index (κ3) is 5.04. The Bertz CT molecular complexity index is 645. The average molecular weight is 366 g/mol. The number of rotatable bonds is 9. The Morgan fingerprint density at radius 1 is 1.08 bits per heavy atom. The zero-order valence-corrected chi connectivity index (χ0v) is 15.0. The van der Waals surface area contributed by atoms with Gasteiger partial charge in [0.25, 0.3) is 0 Å². The summed E-state index contributed by atoms with van der Waals surface area (Å²) in [5.41, 5.74) is -1.55. The van der Waals surface area contributed by atoms with E-state index in [0.29, 0.717) is 10.6 Å². The first-order chi connectivity index (χ1) is 11.9. The van der Waals surface area contributed by atoms with Crippen LogP contribution in [0.3, 0.4) is 0 Å². The number of hydrogen-bond acceptors (Lipinski definition) is 6. The van der Waals surface area contributed by atoms with Gasteiger partial charge in [0.2, 0.25) is 5.41 Å². The fraction of sp³-hybridized carbons (Fsp3) is 0.444. The molecule has 0 unspecified atom stereocenters. The van der Waals surface area contributed by atoms with E-state index in [1.807, 2.05) is 6.07 Å². The molecule has 6 nitrogen and oxygen atoms in total. The summed E-state index contributed by atoms with van der Waals surface area (Å²) in [6.45, 7) is 3.14. The molecule has 1 aromatic carbocycles. The zero-order valence-electron chi connectivity index (χ0n) is 14.2. The molecule has 0 aliphatic carbocycles.